The summed E-state index contributed by atoms with van der Waals surface area (Å²) in [5, 5.41) is 5.30. The first-order valence-electron chi connectivity index (χ1n) is 6.34. The Morgan fingerprint density at radius 2 is 1.86 bits per heavy atom. The Bertz CT molecular complexity index is 861. The number of thiophene rings is 1. The highest BCUT2D eigenvalue weighted by atomic mass is 32.1. The molecule has 2 N–H and O–H groups in total. The van der Waals surface area contributed by atoms with Gasteiger partial charge in [-0.1, -0.05) is 0 Å². The van der Waals surface area contributed by atoms with E-state index < -0.39 is 23.3 Å². The number of nitrogens with zero attached hydrogens (tertiary/aromatic N) is 2. The highest BCUT2D eigenvalue weighted by molar-refractivity contribution is 7.12. The molecule has 0 bridgehead atoms. The minimum absolute atomic E-state index is 0.253. The summed E-state index contributed by atoms with van der Waals surface area (Å²) < 4.78 is 2.33. The van der Waals surface area contributed by atoms with Crippen LogP contribution in [0.25, 0.3) is 0 Å². The van der Waals surface area contributed by atoms with Crippen LogP contribution in [0.15, 0.2) is 21.7 Å². The molecule has 0 spiro atoms. The van der Waals surface area contributed by atoms with Crippen molar-refractivity contribution in [1.82, 2.24) is 14.5 Å². The van der Waals surface area contributed by atoms with E-state index in [0.717, 1.165) is 14.3 Å². The van der Waals surface area contributed by atoms with Gasteiger partial charge in [-0.15, -0.1) is 11.3 Å². The summed E-state index contributed by atoms with van der Waals surface area (Å²) in [6.45, 7) is 1.96. The van der Waals surface area contributed by atoms with Crippen LogP contribution < -0.4 is 21.9 Å². The SMILES string of the molecule is Cc1ccc(C2NC(=O)Nc3c2c(=O)n(C)c(=O)n3C)s1. The number of carbonyl (C=O) groups excluding carboxylic acids is 1. The standard InChI is InChI=1S/C13H14N4O3S/c1-6-4-5-7(21-6)9-8-10(15-12(19)14-9)16(2)13(20)17(3)11(8)18/h4-5,9H,1-3H3,(H2,14,15,19). The molecule has 8 heteroatoms. The van der Waals surface area contributed by atoms with Gasteiger partial charge in [0, 0.05) is 23.8 Å². The third-order valence-electron chi connectivity index (χ3n) is 3.54. The summed E-state index contributed by atoms with van der Waals surface area (Å²) >= 11 is 1.51. The summed E-state index contributed by atoms with van der Waals surface area (Å²) in [6, 6.07) is 2.84. The lowest BCUT2D eigenvalue weighted by Crippen LogP contribution is -2.48. The zero-order chi connectivity index (χ0) is 15.3. The second-order valence-electron chi connectivity index (χ2n) is 4.95. The van der Waals surface area contributed by atoms with E-state index in [9.17, 15) is 14.4 Å². The van der Waals surface area contributed by atoms with E-state index in [1.807, 2.05) is 19.1 Å². The van der Waals surface area contributed by atoms with E-state index in [2.05, 4.69) is 10.6 Å². The summed E-state index contributed by atoms with van der Waals surface area (Å²) in [6.07, 6.45) is 0. The molecule has 7 nitrogen and oxygen atoms in total. The highest BCUT2D eigenvalue weighted by Crippen LogP contribution is 2.32. The molecule has 1 unspecified atom stereocenters. The number of urea groups is 1. The maximum atomic E-state index is 12.4. The smallest absolute Gasteiger partial charge is 0.326 e. The number of nitrogens with one attached hydrogen (secondary N) is 2. The third-order valence-corrected chi connectivity index (χ3v) is 4.61. The molecule has 0 aliphatic carbocycles. The Labute approximate surface area is 123 Å². The maximum Gasteiger partial charge on any atom is 0.332 e. The molecule has 1 aliphatic heterocycles. The van der Waals surface area contributed by atoms with E-state index >= 15 is 0 Å². The molecule has 2 aromatic heterocycles. The van der Waals surface area contributed by atoms with E-state index in [-0.39, 0.29) is 5.82 Å². The van der Waals surface area contributed by atoms with Gasteiger partial charge in [0.05, 0.1) is 11.6 Å². The van der Waals surface area contributed by atoms with Gasteiger partial charge in [0.25, 0.3) is 5.56 Å². The van der Waals surface area contributed by atoms with E-state index in [1.165, 1.54) is 30.0 Å². The van der Waals surface area contributed by atoms with Crippen LogP contribution in [0.3, 0.4) is 0 Å². The Kier molecular flexibility index (Phi) is 2.98. The quantitative estimate of drug-likeness (QED) is 0.812. The van der Waals surface area contributed by atoms with Gasteiger partial charge >= 0.3 is 11.7 Å². The number of hydrogen-bond acceptors (Lipinski definition) is 4. The van der Waals surface area contributed by atoms with Crippen molar-refractivity contribution in [2.75, 3.05) is 5.32 Å². The van der Waals surface area contributed by atoms with Crippen molar-refractivity contribution in [3.8, 4) is 0 Å². The zero-order valence-corrected chi connectivity index (χ0v) is 12.6. The fourth-order valence-electron chi connectivity index (χ4n) is 2.45. The van der Waals surface area contributed by atoms with Crippen molar-refractivity contribution in [3.63, 3.8) is 0 Å². The average molecular weight is 306 g/mol. The zero-order valence-electron chi connectivity index (χ0n) is 11.8. The number of anilines is 1. The minimum atomic E-state index is -0.544. The Balaban J connectivity index is 2.32. The molecule has 0 fully saturated rings. The average Bonchev–Trinajstić information content (AvgIpc) is 2.88. The molecule has 21 heavy (non-hydrogen) atoms. The van der Waals surface area contributed by atoms with Crippen LogP contribution in [0.4, 0.5) is 10.6 Å². The number of amides is 2. The second-order valence-corrected chi connectivity index (χ2v) is 6.27. The third kappa shape index (κ3) is 1.99. The monoisotopic (exact) mass is 306 g/mol. The first kappa shape index (κ1) is 13.6. The lowest BCUT2D eigenvalue weighted by molar-refractivity contribution is 0.248. The molecular weight excluding hydrogens is 292 g/mol. The predicted octanol–water partition coefficient (Wildman–Crippen LogP) is 0.678. The first-order chi connectivity index (χ1) is 9.90. The van der Waals surface area contributed by atoms with Crippen LogP contribution in [0.1, 0.15) is 21.4 Å². The van der Waals surface area contributed by atoms with Gasteiger partial charge in [-0.3, -0.25) is 19.2 Å². The topological polar surface area (TPSA) is 85.1 Å². The van der Waals surface area contributed by atoms with Gasteiger partial charge < -0.3 is 5.32 Å². The number of carbonyl (C=O) groups is 1. The van der Waals surface area contributed by atoms with Gasteiger partial charge in [0.2, 0.25) is 0 Å². The molecule has 110 valence electrons. The summed E-state index contributed by atoms with van der Waals surface area (Å²) in [5.41, 5.74) is -0.500. The van der Waals surface area contributed by atoms with Crippen molar-refractivity contribution >= 4 is 23.2 Å². The molecule has 1 aliphatic rings. The molecule has 0 radical (unpaired) electrons. The van der Waals surface area contributed by atoms with Gasteiger partial charge in [0.15, 0.2) is 0 Å². The van der Waals surface area contributed by atoms with E-state index in [1.54, 1.807) is 0 Å². The molecule has 1 atom stereocenters. The van der Waals surface area contributed by atoms with Gasteiger partial charge in [-0.2, -0.15) is 0 Å². The molecular formula is C13H14N4O3S. The predicted molar refractivity (Wildman–Crippen MR) is 80.0 cm³/mol. The van der Waals surface area contributed by atoms with Gasteiger partial charge in [-0.05, 0) is 19.1 Å². The summed E-state index contributed by atoms with van der Waals surface area (Å²) in [5.74, 6) is 0.253. The molecule has 2 aromatic rings. The molecule has 3 heterocycles. The molecule has 0 saturated heterocycles. The Morgan fingerprint density at radius 1 is 1.14 bits per heavy atom. The fourth-order valence-corrected chi connectivity index (χ4v) is 3.39. The van der Waals surface area contributed by atoms with E-state index in [0.29, 0.717) is 5.56 Å². The van der Waals surface area contributed by atoms with Crippen molar-refractivity contribution < 1.29 is 4.79 Å². The first-order valence-corrected chi connectivity index (χ1v) is 7.15. The van der Waals surface area contributed by atoms with E-state index in [4.69, 9.17) is 0 Å². The van der Waals surface area contributed by atoms with Crippen molar-refractivity contribution in [2.45, 2.75) is 13.0 Å². The molecule has 0 aromatic carbocycles. The molecule has 0 saturated carbocycles. The number of aryl methyl sites for hydroxylation is 1. The van der Waals surface area contributed by atoms with Crippen molar-refractivity contribution in [3.05, 3.63) is 48.3 Å². The van der Waals surface area contributed by atoms with Crippen LogP contribution in [0, 0.1) is 6.92 Å². The normalized spacial score (nSPS) is 17.1. The maximum absolute atomic E-state index is 12.4. The number of rotatable bonds is 1. The molecule has 3 rings (SSSR count). The summed E-state index contributed by atoms with van der Waals surface area (Å²) in [4.78, 5) is 38.2. The number of hydrogen-bond donors (Lipinski definition) is 2. The lowest BCUT2D eigenvalue weighted by atomic mass is 10.1. The van der Waals surface area contributed by atoms with Crippen molar-refractivity contribution in [2.24, 2.45) is 14.1 Å². The van der Waals surface area contributed by atoms with Gasteiger partial charge in [0.1, 0.15) is 5.82 Å². The lowest BCUT2D eigenvalue weighted by Gasteiger charge is -2.27. The van der Waals surface area contributed by atoms with Crippen LogP contribution >= 0.6 is 11.3 Å². The number of aromatic nitrogens is 2. The highest BCUT2D eigenvalue weighted by Gasteiger charge is 2.32. The Hall–Kier alpha value is -2.35. The minimum Gasteiger partial charge on any atom is -0.326 e. The van der Waals surface area contributed by atoms with Crippen LogP contribution in [-0.2, 0) is 14.1 Å². The second kappa shape index (κ2) is 4.59. The summed E-state index contributed by atoms with van der Waals surface area (Å²) in [7, 11) is 2.96. The van der Waals surface area contributed by atoms with Crippen molar-refractivity contribution in [1.29, 1.82) is 0 Å². The number of fused-ring (bicyclic) bond motifs is 1. The Morgan fingerprint density at radius 3 is 2.48 bits per heavy atom. The van der Waals surface area contributed by atoms with Crippen LogP contribution in [0.2, 0.25) is 0 Å². The van der Waals surface area contributed by atoms with Gasteiger partial charge in [-0.25, -0.2) is 9.59 Å². The largest absolute Gasteiger partial charge is 0.332 e. The van der Waals surface area contributed by atoms with Crippen LogP contribution in [0.5, 0.6) is 0 Å². The fraction of sp³-hybridized carbons (Fsp3) is 0.308. The molecule has 2 amide bonds. The van der Waals surface area contributed by atoms with Crippen LogP contribution in [-0.4, -0.2) is 15.2 Å².